The molecule has 220 valence electrons. The molecule has 11 heteroatoms. The van der Waals surface area contributed by atoms with E-state index in [4.69, 9.17) is 27.9 Å². The highest BCUT2D eigenvalue weighted by molar-refractivity contribution is 7.92. The second-order valence-corrected chi connectivity index (χ2v) is 12.2. The Bertz CT molecular complexity index is 1420. The summed E-state index contributed by atoms with van der Waals surface area (Å²) >= 11 is 12.6. The number of amides is 2. The number of halogens is 2. The zero-order valence-corrected chi connectivity index (χ0v) is 25.7. The fourth-order valence-electron chi connectivity index (χ4n) is 4.24. The molecular weight excluding hydrogens is 585 g/mol. The number of hydrogen-bond donors (Lipinski definition) is 1. The maximum Gasteiger partial charge on any atom is 0.244 e. The summed E-state index contributed by atoms with van der Waals surface area (Å²) in [6, 6.07) is 19.7. The van der Waals surface area contributed by atoms with E-state index in [1.54, 1.807) is 42.5 Å². The summed E-state index contributed by atoms with van der Waals surface area (Å²) in [7, 11) is -3.88. The molecule has 0 saturated carbocycles. The number of sulfonamides is 1. The molecule has 0 aliphatic heterocycles. The van der Waals surface area contributed by atoms with Gasteiger partial charge in [-0.1, -0.05) is 66.5 Å². The van der Waals surface area contributed by atoms with E-state index in [0.717, 1.165) is 16.1 Å². The van der Waals surface area contributed by atoms with Gasteiger partial charge in [-0.25, -0.2) is 8.42 Å². The van der Waals surface area contributed by atoms with E-state index in [1.165, 1.54) is 4.90 Å². The summed E-state index contributed by atoms with van der Waals surface area (Å²) in [5.74, 6) is -0.338. The Morgan fingerprint density at radius 1 is 0.976 bits per heavy atom. The smallest absolute Gasteiger partial charge is 0.244 e. The van der Waals surface area contributed by atoms with Gasteiger partial charge in [0.05, 0.1) is 18.6 Å². The Kier molecular flexibility index (Phi) is 11.9. The van der Waals surface area contributed by atoms with E-state index in [1.807, 2.05) is 44.2 Å². The van der Waals surface area contributed by atoms with Crippen molar-refractivity contribution in [3.05, 3.63) is 94.0 Å². The van der Waals surface area contributed by atoms with Gasteiger partial charge >= 0.3 is 0 Å². The van der Waals surface area contributed by atoms with E-state index < -0.39 is 28.5 Å². The molecule has 0 aliphatic carbocycles. The Hall–Kier alpha value is -3.27. The molecule has 41 heavy (non-hydrogen) atoms. The Balaban J connectivity index is 2.04. The van der Waals surface area contributed by atoms with Crippen LogP contribution in [0.5, 0.6) is 5.75 Å². The lowest BCUT2D eigenvalue weighted by Gasteiger charge is -2.33. The minimum Gasteiger partial charge on any atom is -0.494 e. The number of nitrogens with one attached hydrogen (secondary N) is 1. The quantitative estimate of drug-likeness (QED) is 0.263. The molecule has 0 aromatic heterocycles. The SMILES string of the molecule is CCCNC(=O)[C@H](Cc1ccccc1)N(Cc1ccc(Cl)cc1Cl)C(=O)CN(c1ccc(OCC)cc1)S(C)(=O)=O. The van der Waals surface area contributed by atoms with Crippen molar-refractivity contribution < 1.29 is 22.7 Å². The highest BCUT2D eigenvalue weighted by Crippen LogP contribution is 2.26. The van der Waals surface area contributed by atoms with Crippen LogP contribution in [0, 0.1) is 0 Å². The van der Waals surface area contributed by atoms with Crippen LogP contribution in [0.15, 0.2) is 72.8 Å². The first kappa shape index (κ1) is 32.2. The van der Waals surface area contributed by atoms with Crippen LogP contribution in [-0.4, -0.2) is 57.1 Å². The summed E-state index contributed by atoms with van der Waals surface area (Å²) in [5.41, 5.74) is 1.71. The van der Waals surface area contributed by atoms with Crippen LogP contribution >= 0.6 is 23.2 Å². The summed E-state index contributed by atoms with van der Waals surface area (Å²) < 4.78 is 32.3. The topological polar surface area (TPSA) is 96.0 Å². The summed E-state index contributed by atoms with van der Waals surface area (Å²) in [5, 5.41) is 3.65. The molecule has 3 rings (SSSR count). The molecule has 0 fully saturated rings. The molecule has 0 unspecified atom stereocenters. The van der Waals surface area contributed by atoms with E-state index in [-0.39, 0.29) is 18.9 Å². The van der Waals surface area contributed by atoms with Crippen molar-refractivity contribution >= 4 is 50.7 Å². The molecule has 3 aromatic carbocycles. The molecule has 1 N–H and O–H groups in total. The van der Waals surface area contributed by atoms with Crippen LogP contribution in [0.4, 0.5) is 5.69 Å². The Labute approximate surface area is 252 Å². The molecule has 1 atom stereocenters. The van der Waals surface area contributed by atoms with Crippen LogP contribution < -0.4 is 14.4 Å². The van der Waals surface area contributed by atoms with Gasteiger partial charge in [0, 0.05) is 29.6 Å². The fraction of sp³-hybridized carbons (Fsp3) is 0.333. The monoisotopic (exact) mass is 619 g/mol. The number of anilines is 1. The molecule has 0 spiro atoms. The van der Waals surface area contributed by atoms with Gasteiger partial charge in [0.15, 0.2) is 0 Å². The van der Waals surface area contributed by atoms with Crippen molar-refractivity contribution in [3.63, 3.8) is 0 Å². The standard InChI is InChI=1S/C30H35Cl2N3O5S/c1-4-17-33-30(37)28(18-22-9-7-6-8-10-22)34(20-23-11-12-24(31)19-27(23)32)29(36)21-35(41(3,38)39)25-13-15-26(16-14-25)40-5-2/h6-16,19,28H,4-5,17-18,20-21H2,1-3H3,(H,33,37)/t28-/m0/s1. The predicted octanol–water partition coefficient (Wildman–Crippen LogP) is 5.32. The number of nitrogens with zero attached hydrogens (tertiary/aromatic N) is 2. The van der Waals surface area contributed by atoms with Gasteiger partial charge in [0.25, 0.3) is 0 Å². The zero-order valence-electron chi connectivity index (χ0n) is 23.3. The van der Waals surface area contributed by atoms with Crippen LogP contribution in [0.3, 0.4) is 0 Å². The molecule has 0 heterocycles. The highest BCUT2D eigenvalue weighted by Gasteiger charge is 2.33. The third-order valence-corrected chi connectivity index (χ3v) is 8.02. The van der Waals surface area contributed by atoms with Crippen molar-refractivity contribution in [2.75, 3.05) is 30.3 Å². The molecule has 0 radical (unpaired) electrons. The summed E-state index contributed by atoms with van der Waals surface area (Å²) in [6.07, 6.45) is 1.96. The minimum absolute atomic E-state index is 0.0350. The first-order valence-electron chi connectivity index (χ1n) is 13.3. The first-order valence-corrected chi connectivity index (χ1v) is 15.9. The van der Waals surface area contributed by atoms with Crippen molar-refractivity contribution in [2.45, 2.75) is 39.3 Å². The van der Waals surface area contributed by atoms with Gasteiger partial charge < -0.3 is 15.0 Å². The second-order valence-electron chi connectivity index (χ2n) is 9.45. The fourth-order valence-corrected chi connectivity index (χ4v) is 5.56. The first-order chi connectivity index (χ1) is 19.5. The lowest BCUT2D eigenvalue weighted by Crippen LogP contribution is -2.53. The predicted molar refractivity (Wildman–Crippen MR) is 164 cm³/mol. The van der Waals surface area contributed by atoms with Crippen molar-refractivity contribution in [3.8, 4) is 5.75 Å². The average molecular weight is 621 g/mol. The van der Waals surface area contributed by atoms with Crippen LogP contribution in [0.1, 0.15) is 31.4 Å². The van der Waals surface area contributed by atoms with E-state index >= 15 is 0 Å². The molecular formula is C30H35Cl2N3O5S. The van der Waals surface area contributed by atoms with Gasteiger partial charge in [-0.05, 0) is 60.9 Å². The van der Waals surface area contributed by atoms with Crippen molar-refractivity contribution in [2.24, 2.45) is 0 Å². The number of benzene rings is 3. The number of ether oxygens (including phenoxy) is 1. The maximum absolute atomic E-state index is 14.1. The molecule has 0 saturated heterocycles. The van der Waals surface area contributed by atoms with Crippen LogP contribution in [-0.2, 0) is 32.6 Å². The Morgan fingerprint density at radius 2 is 1.66 bits per heavy atom. The van der Waals surface area contributed by atoms with E-state index in [9.17, 15) is 18.0 Å². The number of hydrogen-bond acceptors (Lipinski definition) is 5. The maximum atomic E-state index is 14.1. The average Bonchev–Trinajstić information content (AvgIpc) is 2.94. The Morgan fingerprint density at radius 3 is 2.24 bits per heavy atom. The third kappa shape index (κ3) is 9.38. The van der Waals surface area contributed by atoms with Gasteiger partial charge in [-0.2, -0.15) is 0 Å². The summed E-state index contributed by atoms with van der Waals surface area (Å²) in [6.45, 7) is 4.11. The minimum atomic E-state index is -3.88. The molecule has 2 amide bonds. The van der Waals surface area contributed by atoms with Crippen LogP contribution in [0.2, 0.25) is 10.0 Å². The van der Waals surface area contributed by atoms with Gasteiger partial charge in [0.1, 0.15) is 18.3 Å². The van der Waals surface area contributed by atoms with Crippen molar-refractivity contribution in [1.82, 2.24) is 10.2 Å². The number of rotatable bonds is 14. The van der Waals surface area contributed by atoms with E-state index in [2.05, 4.69) is 5.32 Å². The lowest BCUT2D eigenvalue weighted by molar-refractivity contribution is -0.140. The zero-order chi connectivity index (χ0) is 30.0. The second kappa shape index (κ2) is 15.1. The summed E-state index contributed by atoms with van der Waals surface area (Å²) in [4.78, 5) is 29.0. The normalized spacial score (nSPS) is 11.9. The van der Waals surface area contributed by atoms with Gasteiger partial charge in [-0.3, -0.25) is 13.9 Å². The van der Waals surface area contributed by atoms with Crippen LogP contribution in [0.25, 0.3) is 0 Å². The molecule has 3 aromatic rings. The largest absolute Gasteiger partial charge is 0.494 e. The molecule has 8 nitrogen and oxygen atoms in total. The van der Waals surface area contributed by atoms with Gasteiger partial charge in [0.2, 0.25) is 21.8 Å². The molecule has 0 bridgehead atoms. The number of carbonyl (C=O) groups is 2. The third-order valence-electron chi connectivity index (χ3n) is 6.29. The van der Waals surface area contributed by atoms with Crippen molar-refractivity contribution in [1.29, 1.82) is 0 Å². The number of carbonyl (C=O) groups excluding carboxylic acids is 2. The molecule has 0 aliphatic rings. The highest BCUT2D eigenvalue weighted by atomic mass is 35.5. The van der Waals surface area contributed by atoms with Gasteiger partial charge in [-0.15, -0.1) is 0 Å². The lowest BCUT2D eigenvalue weighted by atomic mass is 10.0. The van der Waals surface area contributed by atoms with E-state index in [0.29, 0.717) is 46.6 Å².